The van der Waals surface area contributed by atoms with Crippen LogP contribution in [0.1, 0.15) is 47.1 Å². The molecule has 124 valence electrons. The van der Waals surface area contributed by atoms with Crippen molar-refractivity contribution >= 4 is 17.6 Å². The molecule has 7 nitrogen and oxygen atoms in total. The van der Waals surface area contributed by atoms with Crippen molar-refractivity contribution in [2.45, 2.75) is 26.7 Å². The number of nitriles is 1. The summed E-state index contributed by atoms with van der Waals surface area (Å²) in [6.07, 6.45) is 0. The van der Waals surface area contributed by atoms with Crippen LogP contribution in [0.2, 0.25) is 0 Å². The Hall–Kier alpha value is -3.14. The lowest BCUT2D eigenvalue weighted by Gasteiger charge is -2.07. The van der Waals surface area contributed by atoms with Crippen molar-refractivity contribution in [3.63, 3.8) is 0 Å². The highest BCUT2D eigenvalue weighted by molar-refractivity contribution is 5.96. The Morgan fingerprint density at radius 1 is 1.33 bits per heavy atom. The fraction of sp³-hybridized carbons (Fsp3) is 0.294. The van der Waals surface area contributed by atoms with E-state index in [2.05, 4.69) is 10.5 Å². The van der Waals surface area contributed by atoms with Crippen LogP contribution in [0.5, 0.6) is 0 Å². The lowest BCUT2D eigenvalue weighted by molar-refractivity contribution is -0.119. The van der Waals surface area contributed by atoms with Gasteiger partial charge in [0, 0.05) is 11.6 Å². The highest BCUT2D eigenvalue weighted by Crippen LogP contribution is 2.22. The van der Waals surface area contributed by atoms with Crippen LogP contribution in [-0.2, 0) is 9.53 Å². The van der Waals surface area contributed by atoms with Gasteiger partial charge in [-0.15, -0.1) is 0 Å². The third kappa shape index (κ3) is 3.98. The van der Waals surface area contributed by atoms with Crippen molar-refractivity contribution in [2.24, 2.45) is 0 Å². The number of nitrogens with zero attached hydrogens (tertiary/aromatic N) is 2. The highest BCUT2D eigenvalue weighted by Gasteiger charge is 2.24. The van der Waals surface area contributed by atoms with Gasteiger partial charge in [0.15, 0.2) is 12.4 Å². The van der Waals surface area contributed by atoms with Gasteiger partial charge in [-0.1, -0.05) is 19.0 Å². The predicted octanol–water partition coefficient (Wildman–Crippen LogP) is 2.77. The molecule has 0 unspecified atom stereocenters. The molecule has 2 aromatic rings. The summed E-state index contributed by atoms with van der Waals surface area (Å²) in [6, 6.07) is 8.34. The highest BCUT2D eigenvalue weighted by atomic mass is 16.5. The smallest absolute Gasteiger partial charge is 0.344 e. The fourth-order valence-corrected chi connectivity index (χ4v) is 2.06. The summed E-state index contributed by atoms with van der Waals surface area (Å²) in [5.74, 6) is -0.716. The van der Waals surface area contributed by atoms with Crippen molar-refractivity contribution in [3.05, 3.63) is 46.8 Å². The lowest BCUT2D eigenvalue weighted by Crippen LogP contribution is -2.21. The minimum Gasteiger partial charge on any atom is -0.452 e. The predicted molar refractivity (Wildman–Crippen MR) is 85.4 cm³/mol. The molecule has 0 bridgehead atoms. The molecule has 0 aliphatic rings. The molecule has 7 heteroatoms. The third-order valence-electron chi connectivity index (χ3n) is 3.25. The minimum atomic E-state index is -0.646. The molecule has 0 saturated carbocycles. The molecule has 24 heavy (non-hydrogen) atoms. The molecular weight excluding hydrogens is 310 g/mol. The standard InChI is InChI=1S/C17H17N3O4/c1-10(2)16-15(11(3)20-24-16)17(22)23-9-14(21)19-13-6-4-12(8-18)5-7-13/h4-7,10H,9H2,1-3H3,(H,19,21). The van der Waals surface area contributed by atoms with Crippen LogP contribution in [0.4, 0.5) is 5.69 Å². The Morgan fingerprint density at radius 3 is 2.58 bits per heavy atom. The fourth-order valence-electron chi connectivity index (χ4n) is 2.06. The number of hydrogen-bond donors (Lipinski definition) is 1. The first kappa shape index (κ1) is 17.2. The zero-order chi connectivity index (χ0) is 17.7. The van der Waals surface area contributed by atoms with E-state index >= 15 is 0 Å². The molecule has 0 aliphatic carbocycles. The van der Waals surface area contributed by atoms with Crippen molar-refractivity contribution in [1.82, 2.24) is 5.16 Å². The zero-order valence-corrected chi connectivity index (χ0v) is 13.6. The minimum absolute atomic E-state index is 0.0266. The first-order valence-electron chi connectivity index (χ1n) is 7.35. The average Bonchev–Trinajstić information content (AvgIpc) is 2.95. The lowest BCUT2D eigenvalue weighted by atomic mass is 10.1. The monoisotopic (exact) mass is 327 g/mol. The van der Waals surface area contributed by atoms with E-state index < -0.39 is 18.5 Å². The van der Waals surface area contributed by atoms with Crippen LogP contribution >= 0.6 is 0 Å². The van der Waals surface area contributed by atoms with E-state index in [0.29, 0.717) is 22.7 Å². The first-order chi connectivity index (χ1) is 11.4. The van der Waals surface area contributed by atoms with Gasteiger partial charge < -0.3 is 14.6 Å². The number of rotatable bonds is 5. The Labute approximate surface area is 139 Å². The first-order valence-corrected chi connectivity index (χ1v) is 7.35. The topological polar surface area (TPSA) is 105 Å². The van der Waals surface area contributed by atoms with Gasteiger partial charge in [0.1, 0.15) is 5.56 Å². The second-order valence-corrected chi connectivity index (χ2v) is 5.48. The van der Waals surface area contributed by atoms with Crippen molar-refractivity contribution in [3.8, 4) is 6.07 Å². The average molecular weight is 327 g/mol. The molecule has 0 saturated heterocycles. The van der Waals surface area contributed by atoms with Gasteiger partial charge in [-0.3, -0.25) is 4.79 Å². The quantitative estimate of drug-likeness (QED) is 0.847. The molecule has 2 rings (SSSR count). The number of nitrogens with one attached hydrogen (secondary N) is 1. The molecule has 0 fully saturated rings. The van der Waals surface area contributed by atoms with Crippen LogP contribution in [0.25, 0.3) is 0 Å². The summed E-state index contributed by atoms with van der Waals surface area (Å²) >= 11 is 0. The van der Waals surface area contributed by atoms with Crippen LogP contribution < -0.4 is 5.32 Å². The van der Waals surface area contributed by atoms with E-state index in [9.17, 15) is 9.59 Å². The molecule has 1 aromatic carbocycles. The number of esters is 1. The summed E-state index contributed by atoms with van der Waals surface area (Å²) < 4.78 is 10.2. The Bertz CT molecular complexity index is 785. The second-order valence-electron chi connectivity index (χ2n) is 5.48. The van der Waals surface area contributed by atoms with E-state index in [0.717, 1.165) is 0 Å². The van der Waals surface area contributed by atoms with E-state index in [-0.39, 0.29) is 11.5 Å². The Morgan fingerprint density at radius 2 is 2.00 bits per heavy atom. The number of ether oxygens (including phenoxy) is 1. The van der Waals surface area contributed by atoms with Crippen molar-refractivity contribution < 1.29 is 18.8 Å². The van der Waals surface area contributed by atoms with E-state index in [1.165, 1.54) is 0 Å². The summed E-state index contributed by atoms with van der Waals surface area (Å²) in [7, 11) is 0. The molecule has 1 aromatic heterocycles. The molecular formula is C17H17N3O4. The van der Waals surface area contributed by atoms with Gasteiger partial charge in [0.05, 0.1) is 17.3 Å². The molecule has 1 amide bonds. The van der Waals surface area contributed by atoms with Crippen LogP contribution in [0.3, 0.4) is 0 Å². The van der Waals surface area contributed by atoms with Gasteiger partial charge in [0.2, 0.25) is 0 Å². The van der Waals surface area contributed by atoms with Crippen LogP contribution in [0.15, 0.2) is 28.8 Å². The van der Waals surface area contributed by atoms with E-state index in [4.69, 9.17) is 14.5 Å². The second kappa shape index (κ2) is 7.42. The number of aryl methyl sites for hydroxylation is 1. The molecule has 1 heterocycles. The number of amides is 1. The molecule has 0 atom stereocenters. The van der Waals surface area contributed by atoms with Gasteiger partial charge >= 0.3 is 5.97 Å². The van der Waals surface area contributed by atoms with Gasteiger partial charge in [-0.25, -0.2) is 4.79 Å². The molecule has 0 spiro atoms. The summed E-state index contributed by atoms with van der Waals surface area (Å²) in [5, 5.41) is 15.1. The summed E-state index contributed by atoms with van der Waals surface area (Å²) in [6.45, 7) is 4.95. The van der Waals surface area contributed by atoms with Gasteiger partial charge in [-0.2, -0.15) is 5.26 Å². The van der Waals surface area contributed by atoms with E-state index in [1.807, 2.05) is 19.9 Å². The number of hydrogen-bond acceptors (Lipinski definition) is 6. The zero-order valence-electron chi connectivity index (χ0n) is 13.6. The summed E-state index contributed by atoms with van der Waals surface area (Å²) in [5.41, 5.74) is 1.69. The SMILES string of the molecule is Cc1noc(C(C)C)c1C(=O)OCC(=O)Nc1ccc(C#N)cc1. The van der Waals surface area contributed by atoms with E-state index in [1.54, 1.807) is 31.2 Å². The molecule has 0 radical (unpaired) electrons. The number of anilines is 1. The third-order valence-corrected chi connectivity index (χ3v) is 3.25. The normalized spacial score (nSPS) is 10.3. The largest absolute Gasteiger partial charge is 0.452 e. The number of carbonyl (C=O) groups excluding carboxylic acids is 2. The van der Waals surface area contributed by atoms with Crippen LogP contribution in [0, 0.1) is 18.3 Å². The maximum Gasteiger partial charge on any atom is 0.344 e. The number of carbonyl (C=O) groups is 2. The van der Waals surface area contributed by atoms with Crippen molar-refractivity contribution in [2.75, 3.05) is 11.9 Å². The van der Waals surface area contributed by atoms with Gasteiger partial charge in [0.25, 0.3) is 5.91 Å². The van der Waals surface area contributed by atoms with Gasteiger partial charge in [-0.05, 0) is 31.2 Å². The Kier molecular flexibility index (Phi) is 5.32. The summed E-state index contributed by atoms with van der Waals surface area (Å²) in [4.78, 5) is 24.0. The molecule has 0 aliphatic heterocycles. The molecule has 1 N–H and O–H groups in total. The Balaban J connectivity index is 1.95. The number of benzene rings is 1. The maximum atomic E-state index is 12.2. The van der Waals surface area contributed by atoms with Crippen molar-refractivity contribution in [1.29, 1.82) is 5.26 Å². The maximum absolute atomic E-state index is 12.2. The number of aromatic nitrogens is 1. The van der Waals surface area contributed by atoms with Crippen LogP contribution in [-0.4, -0.2) is 23.6 Å².